The number of imidazole rings is 1. The van der Waals surface area contributed by atoms with Crippen molar-refractivity contribution in [2.45, 2.75) is 32.7 Å². The van der Waals surface area contributed by atoms with E-state index in [1.807, 2.05) is 18.3 Å². The highest BCUT2D eigenvalue weighted by atomic mass is 35.5. The summed E-state index contributed by atoms with van der Waals surface area (Å²) in [7, 11) is 0. The average Bonchev–Trinajstić information content (AvgIpc) is 2.93. The van der Waals surface area contributed by atoms with Crippen LogP contribution in [0.2, 0.25) is 0 Å². The molecule has 0 N–H and O–H groups in total. The largest absolute Gasteiger partial charge is 0.380 e. The molecule has 4 nitrogen and oxygen atoms in total. The Bertz CT molecular complexity index is 784. The van der Waals surface area contributed by atoms with Crippen molar-refractivity contribution in [1.82, 2.24) is 14.5 Å². The van der Waals surface area contributed by atoms with Gasteiger partial charge in [0.2, 0.25) is 0 Å². The van der Waals surface area contributed by atoms with Gasteiger partial charge in [0.25, 0.3) is 0 Å². The van der Waals surface area contributed by atoms with E-state index >= 15 is 0 Å². The Labute approximate surface area is 141 Å². The van der Waals surface area contributed by atoms with Crippen molar-refractivity contribution in [2.24, 2.45) is 0 Å². The highest BCUT2D eigenvalue weighted by molar-refractivity contribution is 6.17. The van der Waals surface area contributed by atoms with Crippen LogP contribution in [0, 0.1) is 0 Å². The van der Waals surface area contributed by atoms with Crippen molar-refractivity contribution < 1.29 is 4.74 Å². The lowest BCUT2D eigenvalue weighted by Crippen LogP contribution is -2.10. The molecule has 122 valence electrons. The normalized spacial score (nSPS) is 11.6. The zero-order valence-corrected chi connectivity index (χ0v) is 14.2. The summed E-state index contributed by atoms with van der Waals surface area (Å²) >= 11 is 5.69. The lowest BCUT2D eigenvalue weighted by molar-refractivity contribution is 0.127. The molecule has 0 aliphatic heterocycles. The quantitative estimate of drug-likeness (QED) is 0.459. The SMILES string of the molecule is CCCc1nc2cnc3ccccc3c2n1CCOCCCCl. The molecular weight excluding hydrogens is 310 g/mol. The molecule has 2 heterocycles. The number of rotatable bonds is 8. The van der Waals surface area contributed by atoms with Gasteiger partial charge in [0, 0.05) is 30.8 Å². The van der Waals surface area contributed by atoms with Crippen LogP contribution < -0.4 is 0 Å². The van der Waals surface area contributed by atoms with Gasteiger partial charge >= 0.3 is 0 Å². The van der Waals surface area contributed by atoms with Crippen LogP contribution in [-0.2, 0) is 17.7 Å². The van der Waals surface area contributed by atoms with E-state index < -0.39 is 0 Å². The van der Waals surface area contributed by atoms with Crippen molar-refractivity contribution in [3.8, 4) is 0 Å². The van der Waals surface area contributed by atoms with Crippen LogP contribution in [0.3, 0.4) is 0 Å². The van der Waals surface area contributed by atoms with Crippen molar-refractivity contribution >= 4 is 33.5 Å². The summed E-state index contributed by atoms with van der Waals surface area (Å²) < 4.78 is 7.99. The Balaban J connectivity index is 1.97. The molecule has 0 saturated heterocycles. The zero-order chi connectivity index (χ0) is 16.1. The minimum Gasteiger partial charge on any atom is -0.380 e. The van der Waals surface area contributed by atoms with E-state index in [1.165, 1.54) is 5.52 Å². The van der Waals surface area contributed by atoms with Crippen LogP contribution >= 0.6 is 11.6 Å². The molecule has 0 saturated carbocycles. The molecule has 0 aliphatic rings. The van der Waals surface area contributed by atoms with Crippen LogP contribution in [0.15, 0.2) is 30.5 Å². The maximum atomic E-state index is 5.69. The first-order valence-corrected chi connectivity index (χ1v) is 8.75. The number of aromatic nitrogens is 3. The van der Waals surface area contributed by atoms with Crippen LogP contribution in [0.1, 0.15) is 25.6 Å². The van der Waals surface area contributed by atoms with Gasteiger partial charge in [-0.2, -0.15) is 0 Å². The number of ether oxygens (including phenoxy) is 1. The van der Waals surface area contributed by atoms with Crippen LogP contribution in [-0.4, -0.2) is 33.6 Å². The third-order valence-electron chi connectivity index (χ3n) is 3.91. The average molecular weight is 332 g/mol. The van der Waals surface area contributed by atoms with E-state index in [2.05, 4.69) is 28.6 Å². The Morgan fingerprint density at radius 3 is 2.87 bits per heavy atom. The van der Waals surface area contributed by atoms with Crippen molar-refractivity contribution in [3.63, 3.8) is 0 Å². The number of para-hydroxylation sites is 1. The Morgan fingerprint density at radius 1 is 1.17 bits per heavy atom. The molecule has 0 fully saturated rings. The van der Waals surface area contributed by atoms with Gasteiger partial charge in [-0.1, -0.05) is 25.1 Å². The van der Waals surface area contributed by atoms with Crippen molar-refractivity contribution in [3.05, 3.63) is 36.3 Å². The Kier molecular flexibility index (Phi) is 5.47. The zero-order valence-electron chi connectivity index (χ0n) is 13.5. The Hall–Kier alpha value is -1.65. The molecule has 0 atom stereocenters. The number of hydrogen-bond donors (Lipinski definition) is 0. The Morgan fingerprint density at radius 2 is 2.04 bits per heavy atom. The molecule has 0 bridgehead atoms. The minimum absolute atomic E-state index is 0.644. The van der Waals surface area contributed by atoms with Crippen LogP contribution in [0.5, 0.6) is 0 Å². The predicted octanol–water partition coefficient (Wildman–Crippen LogP) is 4.18. The highest BCUT2D eigenvalue weighted by Crippen LogP contribution is 2.25. The monoisotopic (exact) mass is 331 g/mol. The molecule has 3 rings (SSSR count). The number of halogens is 1. The lowest BCUT2D eigenvalue weighted by atomic mass is 10.2. The molecule has 0 amide bonds. The van der Waals surface area contributed by atoms with Gasteiger partial charge in [-0.15, -0.1) is 11.6 Å². The predicted molar refractivity (Wildman–Crippen MR) is 95.2 cm³/mol. The van der Waals surface area contributed by atoms with E-state index in [0.29, 0.717) is 19.1 Å². The topological polar surface area (TPSA) is 39.9 Å². The standard InChI is InChI=1S/C18H22ClN3O/c1-2-6-17-21-16-13-20-15-8-4-3-7-14(15)18(16)22(17)10-12-23-11-5-9-19/h3-4,7-8,13H,2,5-6,9-12H2,1H3. The minimum atomic E-state index is 0.644. The molecular formula is C18H22ClN3O. The first-order valence-electron chi connectivity index (χ1n) is 8.21. The fourth-order valence-corrected chi connectivity index (χ4v) is 2.99. The van der Waals surface area contributed by atoms with Gasteiger partial charge in [-0.25, -0.2) is 4.98 Å². The summed E-state index contributed by atoms with van der Waals surface area (Å²) in [4.78, 5) is 9.31. The third-order valence-corrected chi connectivity index (χ3v) is 4.18. The van der Waals surface area contributed by atoms with Gasteiger partial charge < -0.3 is 9.30 Å². The second kappa shape index (κ2) is 7.75. The molecule has 0 unspecified atom stereocenters. The molecule has 0 radical (unpaired) electrons. The number of pyridine rings is 1. The van der Waals surface area contributed by atoms with E-state index in [-0.39, 0.29) is 0 Å². The van der Waals surface area contributed by atoms with Gasteiger partial charge in [-0.05, 0) is 18.9 Å². The maximum absolute atomic E-state index is 5.69. The number of nitrogens with zero attached hydrogens (tertiary/aromatic N) is 3. The van der Waals surface area contributed by atoms with Gasteiger partial charge in [0.15, 0.2) is 0 Å². The fourth-order valence-electron chi connectivity index (χ4n) is 2.88. The summed E-state index contributed by atoms with van der Waals surface area (Å²) in [6, 6.07) is 8.23. The summed E-state index contributed by atoms with van der Waals surface area (Å²) in [6.45, 7) is 4.37. The number of benzene rings is 1. The fraction of sp³-hybridized carbons (Fsp3) is 0.444. The lowest BCUT2D eigenvalue weighted by Gasteiger charge is -2.10. The van der Waals surface area contributed by atoms with Gasteiger partial charge in [-0.3, -0.25) is 4.98 Å². The first-order chi connectivity index (χ1) is 11.3. The number of alkyl halides is 1. The van der Waals surface area contributed by atoms with Crippen molar-refractivity contribution in [2.75, 3.05) is 19.1 Å². The third kappa shape index (κ3) is 3.48. The second-order valence-corrected chi connectivity index (χ2v) is 5.97. The van der Waals surface area contributed by atoms with Crippen molar-refractivity contribution in [1.29, 1.82) is 0 Å². The number of fused-ring (bicyclic) bond motifs is 3. The smallest absolute Gasteiger partial charge is 0.110 e. The van der Waals surface area contributed by atoms with E-state index in [0.717, 1.165) is 48.1 Å². The van der Waals surface area contributed by atoms with Crippen LogP contribution in [0.25, 0.3) is 21.9 Å². The van der Waals surface area contributed by atoms with Crippen LogP contribution in [0.4, 0.5) is 0 Å². The van der Waals surface area contributed by atoms with E-state index in [4.69, 9.17) is 21.3 Å². The molecule has 3 aromatic rings. The molecule has 5 heteroatoms. The van der Waals surface area contributed by atoms with E-state index in [9.17, 15) is 0 Å². The summed E-state index contributed by atoms with van der Waals surface area (Å²) in [6.07, 6.45) is 4.80. The maximum Gasteiger partial charge on any atom is 0.110 e. The summed E-state index contributed by atoms with van der Waals surface area (Å²) in [5.74, 6) is 1.76. The van der Waals surface area contributed by atoms with Gasteiger partial charge in [0.1, 0.15) is 11.3 Å². The summed E-state index contributed by atoms with van der Waals surface area (Å²) in [5.41, 5.74) is 3.14. The number of aryl methyl sites for hydroxylation is 1. The molecule has 1 aromatic carbocycles. The number of hydrogen-bond acceptors (Lipinski definition) is 3. The van der Waals surface area contributed by atoms with E-state index in [1.54, 1.807) is 0 Å². The first kappa shape index (κ1) is 16.2. The van der Waals surface area contributed by atoms with Gasteiger partial charge in [0.05, 0.1) is 23.8 Å². The molecule has 0 spiro atoms. The summed E-state index contributed by atoms with van der Waals surface area (Å²) in [5, 5.41) is 1.15. The molecule has 2 aromatic heterocycles. The second-order valence-electron chi connectivity index (χ2n) is 5.59. The highest BCUT2D eigenvalue weighted by Gasteiger charge is 2.13. The molecule has 23 heavy (non-hydrogen) atoms. The molecule has 0 aliphatic carbocycles.